The number of aryl methyl sites for hydroxylation is 2. The molecule has 0 saturated carbocycles. The van der Waals surface area contributed by atoms with Crippen molar-refractivity contribution < 1.29 is 9.18 Å². The van der Waals surface area contributed by atoms with Gasteiger partial charge in [0.1, 0.15) is 11.5 Å². The average molecular weight is 259 g/mol. The number of hydrogen-bond donors (Lipinski definition) is 1. The Morgan fingerprint density at radius 3 is 2.68 bits per heavy atom. The monoisotopic (exact) mass is 259 g/mol. The van der Waals surface area contributed by atoms with E-state index in [1.807, 2.05) is 0 Å². The van der Waals surface area contributed by atoms with Crippen molar-refractivity contribution in [1.29, 1.82) is 0 Å². The molecule has 4 nitrogen and oxygen atoms in total. The standard InChI is InChI=1S/C14H14FN3O/c1-9-3-4-11(5-12(9)15)7-18-14(19)13-8-16-10(2)6-17-13/h3-6,8H,7H2,1-2H3,(H,18,19). The lowest BCUT2D eigenvalue weighted by molar-refractivity contribution is 0.0945. The summed E-state index contributed by atoms with van der Waals surface area (Å²) in [4.78, 5) is 19.7. The molecule has 2 aromatic rings. The fourth-order valence-corrected chi connectivity index (χ4v) is 1.53. The molecule has 0 radical (unpaired) electrons. The van der Waals surface area contributed by atoms with Crippen molar-refractivity contribution in [1.82, 2.24) is 15.3 Å². The number of halogens is 1. The first-order valence-corrected chi connectivity index (χ1v) is 5.88. The van der Waals surface area contributed by atoms with Gasteiger partial charge in [-0.2, -0.15) is 0 Å². The summed E-state index contributed by atoms with van der Waals surface area (Å²) in [7, 11) is 0. The van der Waals surface area contributed by atoms with E-state index in [0.717, 1.165) is 5.69 Å². The minimum Gasteiger partial charge on any atom is -0.347 e. The Hall–Kier alpha value is -2.30. The van der Waals surface area contributed by atoms with E-state index in [4.69, 9.17) is 0 Å². The van der Waals surface area contributed by atoms with E-state index in [9.17, 15) is 9.18 Å². The highest BCUT2D eigenvalue weighted by Crippen LogP contribution is 2.09. The number of benzene rings is 1. The third-order valence-electron chi connectivity index (χ3n) is 2.70. The first kappa shape index (κ1) is 13.1. The zero-order valence-electron chi connectivity index (χ0n) is 10.8. The maximum atomic E-state index is 13.3. The Kier molecular flexibility index (Phi) is 3.85. The second kappa shape index (κ2) is 5.56. The second-order valence-corrected chi connectivity index (χ2v) is 4.31. The summed E-state index contributed by atoms with van der Waals surface area (Å²) in [6.45, 7) is 3.74. The lowest BCUT2D eigenvalue weighted by Gasteiger charge is -2.06. The number of amides is 1. The molecule has 0 aliphatic carbocycles. The predicted molar refractivity (Wildman–Crippen MR) is 69.1 cm³/mol. The van der Waals surface area contributed by atoms with Gasteiger partial charge < -0.3 is 5.32 Å². The lowest BCUT2D eigenvalue weighted by Crippen LogP contribution is -2.24. The highest BCUT2D eigenvalue weighted by Gasteiger charge is 2.07. The summed E-state index contributed by atoms with van der Waals surface area (Å²) in [5.74, 6) is -0.602. The van der Waals surface area contributed by atoms with Crippen molar-refractivity contribution in [2.45, 2.75) is 20.4 Å². The molecule has 0 aliphatic rings. The van der Waals surface area contributed by atoms with Gasteiger partial charge in [0.2, 0.25) is 0 Å². The van der Waals surface area contributed by atoms with Crippen molar-refractivity contribution in [2.75, 3.05) is 0 Å². The van der Waals surface area contributed by atoms with Crippen LogP contribution in [0.25, 0.3) is 0 Å². The summed E-state index contributed by atoms with van der Waals surface area (Å²) in [6, 6.07) is 4.87. The summed E-state index contributed by atoms with van der Waals surface area (Å²) in [6.07, 6.45) is 2.95. The summed E-state index contributed by atoms with van der Waals surface area (Å²) >= 11 is 0. The van der Waals surface area contributed by atoms with Gasteiger partial charge in [0.15, 0.2) is 0 Å². The molecule has 19 heavy (non-hydrogen) atoms. The van der Waals surface area contributed by atoms with E-state index in [1.165, 1.54) is 18.5 Å². The van der Waals surface area contributed by atoms with Crippen LogP contribution in [0.4, 0.5) is 4.39 Å². The lowest BCUT2D eigenvalue weighted by atomic mass is 10.1. The van der Waals surface area contributed by atoms with Crippen LogP contribution >= 0.6 is 0 Å². The molecule has 1 heterocycles. The van der Waals surface area contributed by atoms with Gasteiger partial charge in [0.05, 0.1) is 11.9 Å². The topological polar surface area (TPSA) is 54.9 Å². The van der Waals surface area contributed by atoms with E-state index < -0.39 is 0 Å². The van der Waals surface area contributed by atoms with Crippen molar-refractivity contribution >= 4 is 5.91 Å². The Balaban J connectivity index is 2.00. The minimum atomic E-state index is -0.325. The van der Waals surface area contributed by atoms with Gasteiger partial charge in [-0.3, -0.25) is 9.78 Å². The van der Waals surface area contributed by atoms with Crippen LogP contribution in [-0.4, -0.2) is 15.9 Å². The van der Waals surface area contributed by atoms with Crippen LogP contribution in [0.5, 0.6) is 0 Å². The van der Waals surface area contributed by atoms with Crippen LogP contribution < -0.4 is 5.32 Å². The van der Waals surface area contributed by atoms with E-state index in [0.29, 0.717) is 11.1 Å². The first-order chi connectivity index (χ1) is 9.06. The fourth-order valence-electron chi connectivity index (χ4n) is 1.53. The van der Waals surface area contributed by atoms with E-state index in [-0.39, 0.29) is 24.0 Å². The number of rotatable bonds is 3. The molecule has 2 rings (SSSR count). The van der Waals surface area contributed by atoms with Gasteiger partial charge in [-0.25, -0.2) is 9.37 Å². The quantitative estimate of drug-likeness (QED) is 0.919. The van der Waals surface area contributed by atoms with Gasteiger partial charge >= 0.3 is 0 Å². The molecule has 0 bridgehead atoms. The SMILES string of the molecule is Cc1cnc(C(=O)NCc2ccc(C)c(F)c2)cn1. The molecule has 0 fully saturated rings. The van der Waals surface area contributed by atoms with Gasteiger partial charge in [-0.05, 0) is 31.0 Å². The highest BCUT2D eigenvalue weighted by atomic mass is 19.1. The maximum Gasteiger partial charge on any atom is 0.271 e. The third-order valence-corrected chi connectivity index (χ3v) is 2.70. The fraction of sp³-hybridized carbons (Fsp3) is 0.214. The van der Waals surface area contributed by atoms with Crippen LogP contribution in [0.1, 0.15) is 27.3 Å². The number of hydrogen-bond acceptors (Lipinski definition) is 3. The highest BCUT2D eigenvalue weighted by molar-refractivity contribution is 5.91. The Bertz CT molecular complexity index is 596. The second-order valence-electron chi connectivity index (χ2n) is 4.31. The van der Waals surface area contributed by atoms with Crippen molar-refractivity contribution in [3.8, 4) is 0 Å². The summed E-state index contributed by atoms with van der Waals surface area (Å²) < 4.78 is 13.3. The minimum absolute atomic E-state index is 0.248. The normalized spacial score (nSPS) is 10.3. The third kappa shape index (κ3) is 3.34. The molecule has 1 amide bonds. The molecule has 1 N–H and O–H groups in total. The zero-order valence-corrected chi connectivity index (χ0v) is 10.8. The van der Waals surface area contributed by atoms with Crippen LogP contribution in [0.15, 0.2) is 30.6 Å². The van der Waals surface area contributed by atoms with E-state index >= 15 is 0 Å². The number of nitrogens with one attached hydrogen (secondary N) is 1. The van der Waals surface area contributed by atoms with Gasteiger partial charge in [0.25, 0.3) is 5.91 Å². The molecule has 0 saturated heterocycles. The largest absolute Gasteiger partial charge is 0.347 e. The van der Waals surface area contributed by atoms with Gasteiger partial charge in [0, 0.05) is 12.7 Å². The molecule has 98 valence electrons. The van der Waals surface area contributed by atoms with Gasteiger partial charge in [-0.15, -0.1) is 0 Å². The van der Waals surface area contributed by atoms with Crippen molar-refractivity contribution in [2.24, 2.45) is 0 Å². The molecular formula is C14H14FN3O. The maximum absolute atomic E-state index is 13.3. The zero-order chi connectivity index (χ0) is 13.8. The summed E-state index contributed by atoms with van der Waals surface area (Å²) in [5, 5.41) is 2.67. The van der Waals surface area contributed by atoms with E-state index in [1.54, 1.807) is 26.0 Å². The molecular weight excluding hydrogens is 245 g/mol. The molecule has 0 unspecified atom stereocenters. The molecule has 1 aromatic heterocycles. The Labute approximate surface area is 110 Å². The van der Waals surface area contributed by atoms with Crippen LogP contribution in [0, 0.1) is 19.7 Å². The van der Waals surface area contributed by atoms with Crippen molar-refractivity contribution in [3.05, 3.63) is 58.9 Å². The number of carbonyl (C=O) groups excluding carboxylic acids is 1. The summed E-state index contributed by atoms with van der Waals surface area (Å²) in [5.41, 5.74) is 2.28. The molecule has 0 spiro atoms. The van der Waals surface area contributed by atoms with Crippen molar-refractivity contribution in [3.63, 3.8) is 0 Å². The number of aromatic nitrogens is 2. The molecule has 0 aliphatic heterocycles. The Morgan fingerprint density at radius 1 is 1.26 bits per heavy atom. The average Bonchev–Trinajstić information content (AvgIpc) is 2.40. The molecule has 1 aromatic carbocycles. The smallest absolute Gasteiger partial charge is 0.271 e. The first-order valence-electron chi connectivity index (χ1n) is 5.88. The molecule has 5 heteroatoms. The van der Waals surface area contributed by atoms with Crippen LogP contribution in [0.2, 0.25) is 0 Å². The van der Waals surface area contributed by atoms with Gasteiger partial charge in [-0.1, -0.05) is 12.1 Å². The number of carbonyl (C=O) groups is 1. The molecule has 0 atom stereocenters. The van der Waals surface area contributed by atoms with E-state index in [2.05, 4.69) is 15.3 Å². The number of nitrogens with zero attached hydrogens (tertiary/aromatic N) is 2. The van der Waals surface area contributed by atoms with Crippen LogP contribution in [-0.2, 0) is 6.54 Å². The predicted octanol–water partition coefficient (Wildman–Crippen LogP) is 2.16. The Morgan fingerprint density at radius 2 is 2.05 bits per heavy atom. The van der Waals surface area contributed by atoms with Crippen LogP contribution in [0.3, 0.4) is 0 Å².